The molecule has 1 atom stereocenters. The fourth-order valence-electron chi connectivity index (χ4n) is 4.88. The molecule has 5 aromatic rings. The van der Waals surface area contributed by atoms with E-state index in [0.717, 1.165) is 5.56 Å². The van der Waals surface area contributed by atoms with E-state index in [1.807, 2.05) is 19.1 Å². The van der Waals surface area contributed by atoms with E-state index in [1.165, 1.54) is 35.3 Å². The van der Waals surface area contributed by atoms with E-state index >= 15 is 4.39 Å². The SMILES string of the molecule is C[C@@H]1CC/C=C(/c2coc(-c3c(-n4cc(Cl)nn4)ccc(Cl)c3F)cc2=O)c2cc(ccn2)-c2c(cnn2C)NC1=O. The quantitative estimate of drug-likeness (QED) is 0.270. The van der Waals surface area contributed by atoms with Crippen molar-refractivity contribution in [2.75, 3.05) is 5.32 Å². The highest BCUT2D eigenvalue weighted by molar-refractivity contribution is 6.31. The zero-order chi connectivity index (χ0) is 29.5. The third-order valence-electron chi connectivity index (χ3n) is 7.05. The summed E-state index contributed by atoms with van der Waals surface area (Å²) in [6, 6.07) is 7.70. The highest BCUT2D eigenvalue weighted by atomic mass is 35.5. The lowest BCUT2D eigenvalue weighted by molar-refractivity contribution is -0.119. The first-order valence-electron chi connectivity index (χ1n) is 12.9. The molecule has 0 radical (unpaired) electrons. The summed E-state index contributed by atoms with van der Waals surface area (Å²) in [5, 5.41) is 14.9. The van der Waals surface area contributed by atoms with Crippen LogP contribution in [0.2, 0.25) is 10.2 Å². The molecule has 0 spiro atoms. The largest absolute Gasteiger partial charge is 0.463 e. The van der Waals surface area contributed by atoms with Crippen LogP contribution in [-0.2, 0) is 11.8 Å². The molecule has 42 heavy (non-hydrogen) atoms. The molecule has 0 saturated heterocycles. The number of hydrogen-bond acceptors (Lipinski definition) is 7. The predicted molar refractivity (Wildman–Crippen MR) is 156 cm³/mol. The minimum atomic E-state index is -0.796. The van der Waals surface area contributed by atoms with Crippen LogP contribution in [0.15, 0.2) is 70.5 Å². The molecule has 1 aliphatic heterocycles. The number of nitrogens with one attached hydrogen (secondary N) is 1. The van der Waals surface area contributed by atoms with Gasteiger partial charge >= 0.3 is 0 Å². The van der Waals surface area contributed by atoms with Crippen LogP contribution in [0.4, 0.5) is 10.1 Å². The lowest BCUT2D eigenvalue weighted by atomic mass is 9.96. The highest BCUT2D eigenvalue weighted by Crippen LogP contribution is 2.35. The summed E-state index contributed by atoms with van der Waals surface area (Å²) >= 11 is 12.0. The van der Waals surface area contributed by atoms with Crippen LogP contribution < -0.4 is 10.7 Å². The summed E-state index contributed by atoms with van der Waals surface area (Å²) in [6.45, 7) is 1.84. The Labute approximate surface area is 248 Å². The number of carbonyl (C=O) groups is 1. The van der Waals surface area contributed by atoms with E-state index in [2.05, 4.69) is 25.7 Å². The minimum absolute atomic E-state index is 0.0642. The van der Waals surface area contributed by atoms with Gasteiger partial charge in [0.2, 0.25) is 5.91 Å². The van der Waals surface area contributed by atoms with Crippen LogP contribution >= 0.6 is 23.2 Å². The average molecular weight is 606 g/mol. The lowest BCUT2D eigenvalue weighted by Gasteiger charge is -2.16. The van der Waals surface area contributed by atoms with Crippen molar-refractivity contribution in [3.05, 3.63) is 98.7 Å². The van der Waals surface area contributed by atoms with E-state index < -0.39 is 11.2 Å². The van der Waals surface area contributed by atoms with Gasteiger partial charge in [0, 0.05) is 36.4 Å². The summed E-state index contributed by atoms with van der Waals surface area (Å²) in [6.07, 6.45) is 8.75. The fourth-order valence-corrected chi connectivity index (χ4v) is 5.16. The molecular formula is C29H22Cl2FN7O3. The van der Waals surface area contributed by atoms with Gasteiger partial charge in [-0.25, -0.2) is 9.07 Å². The van der Waals surface area contributed by atoms with Gasteiger partial charge < -0.3 is 9.73 Å². The normalized spacial score (nSPS) is 16.5. The molecule has 2 bridgehead atoms. The molecule has 1 N–H and O–H groups in total. The summed E-state index contributed by atoms with van der Waals surface area (Å²) in [7, 11) is 1.78. The van der Waals surface area contributed by atoms with Crippen molar-refractivity contribution in [2.24, 2.45) is 13.0 Å². The van der Waals surface area contributed by atoms with E-state index in [0.29, 0.717) is 35.5 Å². The molecule has 0 saturated carbocycles. The second-order valence-corrected chi connectivity index (χ2v) is 10.6. The topological polar surface area (TPSA) is 121 Å². The van der Waals surface area contributed by atoms with Gasteiger partial charge in [0.05, 0.1) is 51.3 Å². The Kier molecular flexibility index (Phi) is 7.21. The summed E-state index contributed by atoms with van der Waals surface area (Å²) in [5.41, 5.74) is 2.98. The molecule has 212 valence electrons. The zero-order valence-corrected chi connectivity index (χ0v) is 23.8. The maximum atomic E-state index is 15.4. The van der Waals surface area contributed by atoms with Crippen LogP contribution in [0.3, 0.4) is 0 Å². The maximum Gasteiger partial charge on any atom is 0.227 e. The second kappa shape index (κ2) is 11.0. The minimum Gasteiger partial charge on any atom is -0.463 e. The molecule has 1 amide bonds. The van der Waals surface area contributed by atoms with Gasteiger partial charge in [-0.1, -0.05) is 41.4 Å². The van der Waals surface area contributed by atoms with Crippen molar-refractivity contribution in [3.8, 4) is 28.3 Å². The second-order valence-electron chi connectivity index (χ2n) is 9.81. The third-order valence-corrected chi connectivity index (χ3v) is 7.52. The van der Waals surface area contributed by atoms with Crippen molar-refractivity contribution < 1.29 is 13.6 Å². The molecule has 0 aliphatic carbocycles. The van der Waals surface area contributed by atoms with Crippen LogP contribution in [0.1, 0.15) is 31.0 Å². The van der Waals surface area contributed by atoms with Gasteiger partial charge in [0.15, 0.2) is 16.4 Å². The van der Waals surface area contributed by atoms with Crippen LogP contribution in [0.25, 0.3) is 33.8 Å². The Morgan fingerprint density at radius 1 is 1.17 bits per heavy atom. The van der Waals surface area contributed by atoms with Crippen molar-refractivity contribution in [1.82, 2.24) is 29.8 Å². The smallest absolute Gasteiger partial charge is 0.227 e. The zero-order valence-electron chi connectivity index (χ0n) is 22.3. The van der Waals surface area contributed by atoms with Crippen molar-refractivity contribution >= 4 is 40.4 Å². The number of anilines is 1. The van der Waals surface area contributed by atoms with Crippen molar-refractivity contribution in [2.45, 2.75) is 19.8 Å². The first-order chi connectivity index (χ1) is 20.2. The van der Waals surface area contributed by atoms with Crippen LogP contribution in [0.5, 0.6) is 0 Å². The number of carbonyl (C=O) groups excluding carboxylic acids is 1. The standard InChI is InChI=1S/C29H22Cl2FN7O3/c1-15-4-3-5-17(20-10-16(8-9-33-20)28-21(35-29(15)41)12-34-38(28)2)18-14-42-24(11-23(18)40)26-22(7-6-19(30)27(26)32)39-13-25(31)36-37-39/h5-15H,3-4H2,1-2H3,(H,35,41)/b17-5-/t15-/m1/s1. The first-order valence-corrected chi connectivity index (χ1v) is 13.7. The Bertz CT molecular complexity index is 1950. The Morgan fingerprint density at radius 2 is 2.00 bits per heavy atom. The highest BCUT2D eigenvalue weighted by Gasteiger charge is 2.23. The molecule has 10 nitrogen and oxygen atoms in total. The van der Waals surface area contributed by atoms with Gasteiger partial charge in [0.25, 0.3) is 0 Å². The Balaban J connectivity index is 1.49. The molecular weight excluding hydrogens is 584 g/mol. The number of rotatable bonds is 3. The summed E-state index contributed by atoms with van der Waals surface area (Å²) in [4.78, 5) is 31.1. The molecule has 13 heteroatoms. The van der Waals surface area contributed by atoms with Gasteiger partial charge in [0.1, 0.15) is 12.0 Å². The fraction of sp³-hybridized carbons (Fsp3) is 0.172. The van der Waals surface area contributed by atoms with Gasteiger partial charge in [-0.2, -0.15) is 5.10 Å². The predicted octanol–water partition coefficient (Wildman–Crippen LogP) is 5.93. The van der Waals surface area contributed by atoms with E-state index in [-0.39, 0.29) is 44.6 Å². The maximum absolute atomic E-state index is 15.4. The van der Waals surface area contributed by atoms with Gasteiger partial charge in [-0.3, -0.25) is 19.3 Å². The molecule has 1 aromatic carbocycles. The number of benzene rings is 1. The van der Waals surface area contributed by atoms with E-state index in [9.17, 15) is 9.59 Å². The number of aryl methyl sites for hydroxylation is 1. The van der Waals surface area contributed by atoms with E-state index in [1.54, 1.807) is 30.2 Å². The number of amides is 1. The summed E-state index contributed by atoms with van der Waals surface area (Å²) in [5.74, 6) is -1.30. The number of allylic oxidation sites excluding steroid dienone is 1. The molecule has 1 aliphatic rings. The van der Waals surface area contributed by atoms with Gasteiger partial charge in [-0.05, 0) is 37.1 Å². The summed E-state index contributed by atoms with van der Waals surface area (Å²) < 4.78 is 24.2. The number of pyridine rings is 1. The Hall–Kier alpha value is -4.61. The molecule has 0 fully saturated rings. The third kappa shape index (κ3) is 5.01. The number of halogens is 3. The van der Waals surface area contributed by atoms with Crippen LogP contribution in [-0.4, -0.2) is 35.7 Å². The first kappa shape index (κ1) is 27.6. The Morgan fingerprint density at radius 3 is 2.76 bits per heavy atom. The molecule has 4 aromatic heterocycles. The van der Waals surface area contributed by atoms with Crippen molar-refractivity contribution in [1.29, 1.82) is 0 Å². The van der Waals surface area contributed by atoms with Crippen molar-refractivity contribution in [3.63, 3.8) is 0 Å². The number of aromatic nitrogens is 6. The van der Waals surface area contributed by atoms with E-state index in [4.69, 9.17) is 27.6 Å². The van der Waals surface area contributed by atoms with Gasteiger partial charge in [-0.15, -0.1) is 5.10 Å². The molecule has 5 heterocycles. The number of nitrogens with zero attached hydrogens (tertiary/aromatic N) is 6. The van der Waals surface area contributed by atoms with Crippen LogP contribution in [0, 0.1) is 11.7 Å². The lowest BCUT2D eigenvalue weighted by Crippen LogP contribution is -2.20. The molecule has 6 rings (SSSR count). The average Bonchev–Trinajstić information content (AvgIpc) is 3.57. The number of fused-ring (bicyclic) bond motifs is 4. The molecule has 0 unspecified atom stereocenters. The number of hydrogen-bond donors (Lipinski definition) is 1. The monoisotopic (exact) mass is 605 g/mol.